The van der Waals surface area contributed by atoms with E-state index in [4.69, 9.17) is 4.74 Å². The molecule has 1 fully saturated rings. The maximum Gasteiger partial charge on any atom is 0.309 e. The topological polar surface area (TPSA) is 66.9 Å². The van der Waals surface area contributed by atoms with Crippen molar-refractivity contribution in [3.05, 3.63) is 28.7 Å². The van der Waals surface area contributed by atoms with Gasteiger partial charge < -0.3 is 14.5 Å². The molecule has 0 aromatic heterocycles. The molecule has 1 atom stereocenters. The molecule has 1 heterocycles. The zero-order valence-corrected chi connectivity index (χ0v) is 18.9. The Labute approximate surface area is 179 Å². The lowest BCUT2D eigenvalue weighted by molar-refractivity contribution is -0.151. The van der Waals surface area contributed by atoms with Crippen LogP contribution in [0.15, 0.2) is 33.6 Å². The van der Waals surface area contributed by atoms with E-state index in [1.54, 1.807) is 18.9 Å². The number of carbonyl (C=O) groups is 3. The summed E-state index contributed by atoms with van der Waals surface area (Å²) >= 11 is 4.87. The Morgan fingerprint density at radius 1 is 1.25 bits per heavy atom. The summed E-state index contributed by atoms with van der Waals surface area (Å²) in [7, 11) is 1.66. The fraction of sp³-hybridized carbons (Fsp3) is 0.550. The van der Waals surface area contributed by atoms with Crippen molar-refractivity contribution in [1.29, 1.82) is 0 Å². The van der Waals surface area contributed by atoms with Crippen LogP contribution in [0.1, 0.15) is 26.7 Å². The monoisotopic (exact) mass is 470 g/mol. The number of likely N-dealkylation sites (N-methyl/N-ethyl adjacent to an activating group) is 1. The highest BCUT2D eigenvalue weighted by Crippen LogP contribution is 2.26. The van der Waals surface area contributed by atoms with Crippen LogP contribution < -0.4 is 0 Å². The lowest BCUT2D eigenvalue weighted by atomic mass is 9.97. The predicted molar refractivity (Wildman–Crippen MR) is 113 cm³/mol. The third kappa shape index (κ3) is 6.51. The van der Waals surface area contributed by atoms with E-state index in [2.05, 4.69) is 15.9 Å². The number of nitrogens with zero attached hydrogens (tertiary/aromatic N) is 2. The maximum absolute atomic E-state index is 12.6. The number of ether oxygens (including phenoxy) is 1. The summed E-state index contributed by atoms with van der Waals surface area (Å²) in [6.45, 7) is 5.11. The molecule has 0 spiro atoms. The van der Waals surface area contributed by atoms with Crippen molar-refractivity contribution in [3.8, 4) is 0 Å². The van der Waals surface area contributed by atoms with Gasteiger partial charge in [-0.25, -0.2) is 0 Å². The first-order valence-corrected chi connectivity index (χ1v) is 11.1. The highest BCUT2D eigenvalue weighted by Gasteiger charge is 2.29. The Morgan fingerprint density at radius 2 is 1.86 bits per heavy atom. The summed E-state index contributed by atoms with van der Waals surface area (Å²) in [6, 6.07) is 7.79. The second-order valence-corrected chi connectivity index (χ2v) is 9.15. The molecule has 0 bridgehead atoms. The third-order valence-corrected chi connectivity index (χ3v) is 6.32. The number of amides is 2. The molecule has 28 heavy (non-hydrogen) atoms. The maximum atomic E-state index is 12.6. The first-order chi connectivity index (χ1) is 13.3. The molecule has 1 aliphatic heterocycles. The minimum atomic E-state index is -0.284. The minimum absolute atomic E-state index is 0.0497. The average Bonchev–Trinajstić information content (AvgIpc) is 2.69. The van der Waals surface area contributed by atoms with Gasteiger partial charge in [0.2, 0.25) is 11.8 Å². The molecule has 1 saturated heterocycles. The average molecular weight is 471 g/mol. The second-order valence-electron chi connectivity index (χ2n) is 6.82. The van der Waals surface area contributed by atoms with Crippen molar-refractivity contribution >= 4 is 45.5 Å². The molecular formula is C20H27BrN2O4S. The number of thioether (sulfide) groups is 1. The van der Waals surface area contributed by atoms with Crippen LogP contribution in [0.2, 0.25) is 0 Å². The van der Waals surface area contributed by atoms with Crippen LogP contribution in [0.3, 0.4) is 0 Å². The summed E-state index contributed by atoms with van der Waals surface area (Å²) < 4.78 is 6.05. The SMILES string of the molecule is CCOC(=O)C1CCN(C(=O)CN(C)C(=O)C(C)Sc2ccc(Br)cc2)CC1. The molecule has 0 saturated carbocycles. The van der Waals surface area contributed by atoms with E-state index in [-0.39, 0.29) is 35.5 Å². The van der Waals surface area contributed by atoms with Gasteiger partial charge in [-0.3, -0.25) is 14.4 Å². The van der Waals surface area contributed by atoms with E-state index in [1.807, 2.05) is 31.2 Å². The highest BCUT2D eigenvalue weighted by atomic mass is 79.9. The molecule has 1 aliphatic rings. The van der Waals surface area contributed by atoms with Gasteiger partial charge >= 0.3 is 5.97 Å². The van der Waals surface area contributed by atoms with Gasteiger partial charge in [-0.05, 0) is 51.0 Å². The van der Waals surface area contributed by atoms with Crippen molar-refractivity contribution in [3.63, 3.8) is 0 Å². The molecule has 0 aliphatic carbocycles. The summed E-state index contributed by atoms with van der Waals surface area (Å²) in [6.07, 6.45) is 1.22. The number of piperidine rings is 1. The summed E-state index contributed by atoms with van der Waals surface area (Å²) in [5.74, 6) is -0.479. The summed E-state index contributed by atoms with van der Waals surface area (Å²) in [5.41, 5.74) is 0. The van der Waals surface area contributed by atoms with Crippen molar-refractivity contribution in [1.82, 2.24) is 9.80 Å². The first kappa shape index (κ1) is 22.7. The normalized spacial score (nSPS) is 15.8. The molecule has 8 heteroatoms. The van der Waals surface area contributed by atoms with Gasteiger partial charge in [-0.1, -0.05) is 15.9 Å². The Morgan fingerprint density at radius 3 is 2.43 bits per heavy atom. The van der Waals surface area contributed by atoms with Crippen LogP contribution in [0, 0.1) is 5.92 Å². The van der Waals surface area contributed by atoms with E-state index >= 15 is 0 Å². The van der Waals surface area contributed by atoms with Gasteiger partial charge in [-0.15, -0.1) is 11.8 Å². The van der Waals surface area contributed by atoms with E-state index < -0.39 is 0 Å². The first-order valence-electron chi connectivity index (χ1n) is 9.43. The molecule has 1 aromatic rings. The number of likely N-dealkylation sites (tertiary alicyclic amines) is 1. The van der Waals surface area contributed by atoms with E-state index in [0.29, 0.717) is 32.5 Å². The van der Waals surface area contributed by atoms with Crippen molar-refractivity contribution in [2.45, 2.75) is 36.8 Å². The van der Waals surface area contributed by atoms with Crippen LogP contribution in [0.25, 0.3) is 0 Å². The van der Waals surface area contributed by atoms with E-state index in [9.17, 15) is 14.4 Å². The number of benzene rings is 1. The Bertz CT molecular complexity index is 690. The van der Waals surface area contributed by atoms with Crippen LogP contribution in [0.5, 0.6) is 0 Å². The number of esters is 1. The molecule has 0 radical (unpaired) electrons. The van der Waals surface area contributed by atoms with E-state index in [1.165, 1.54) is 16.7 Å². The zero-order valence-electron chi connectivity index (χ0n) is 16.5. The quantitative estimate of drug-likeness (QED) is 0.452. The van der Waals surface area contributed by atoms with Gasteiger partial charge in [0.1, 0.15) is 0 Å². The molecule has 0 N–H and O–H groups in total. The van der Waals surface area contributed by atoms with Gasteiger partial charge in [0.25, 0.3) is 0 Å². The van der Waals surface area contributed by atoms with Crippen LogP contribution in [-0.4, -0.2) is 66.1 Å². The van der Waals surface area contributed by atoms with Crippen LogP contribution >= 0.6 is 27.7 Å². The number of carbonyl (C=O) groups excluding carboxylic acids is 3. The van der Waals surface area contributed by atoms with Crippen molar-refractivity contribution in [2.75, 3.05) is 33.3 Å². The Hall–Kier alpha value is -1.54. The third-order valence-electron chi connectivity index (χ3n) is 4.69. The number of halogens is 1. The zero-order chi connectivity index (χ0) is 20.7. The summed E-state index contributed by atoms with van der Waals surface area (Å²) in [5, 5.41) is -0.284. The Balaban J connectivity index is 1.80. The second kappa shape index (κ2) is 10.9. The lowest BCUT2D eigenvalue weighted by Gasteiger charge is -2.32. The van der Waals surface area contributed by atoms with Gasteiger partial charge in [0.15, 0.2) is 0 Å². The standard InChI is InChI=1S/C20H27BrN2O4S/c1-4-27-20(26)15-9-11-23(12-10-15)18(24)13-22(3)19(25)14(2)28-17-7-5-16(21)6-8-17/h5-8,14-15H,4,9-13H2,1-3H3. The molecule has 1 aromatic carbocycles. The van der Waals surface area contributed by atoms with Gasteiger partial charge in [0, 0.05) is 29.5 Å². The lowest BCUT2D eigenvalue weighted by Crippen LogP contribution is -2.46. The molecule has 1 unspecified atom stereocenters. The highest BCUT2D eigenvalue weighted by molar-refractivity contribution is 9.10. The minimum Gasteiger partial charge on any atom is -0.466 e. The number of hydrogen-bond acceptors (Lipinski definition) is 5. The van der Waals surface area contributed by atoms with Crippen LogP contribution in [-0.2, 0) is 19.1 Å². The van der Waals surface area contributed by atoms with Crippen LogP contribution in [0.4, 0.5) is 0 Å². The molecule has 2 amide bonds. The molecule has 154 valence electrons. The van der Waals surface area contributed by atoms with Gasteiger partial charge in [-0.2, -0.15) is 0 Å². The smallest absolute Gasteiger partial charge is 0.309 e. The fourth-order valence-electron chi connectivity index (χ4n) is 3.08. The molecule has 6 nitrogen and oxygen atoms in total. The van der Waals surface area contributed by atoms with Gasteiger partial charge in [0.05, 0.1) is 24.3 Å². The largest absolute Gasteiger partial charge is 0.466 e. The summed E-state index contributed by atoms with van der Waals surface area (Å²) in [4.78, 5) is 41.2. The van der Waals surface area contributed by atoms with E-state index in [0.717, 1.165) is 9.37 Å². The number of rotatable bonds is 7. The fourth-order valence-corrected chi connectivity index (χ4v) is 4.33. The Kier molecular flexibility index (Phi) is 8.82. The number of hydrogen-bond donors (Lipinski definition) is 0. The molecule has 2 rings (SSSR count). The van der Waals surface area contributed by atoms with Crippen molar-refractivity contribution < 1.29 is 19.1 Å². The molecular weight excluding hydrogens is 444 g/mol. The predicted octanol–water partition coefficient (Wildman–Crippen LogP) is 3.19. The van der Waals surface area contributed by atoms with Crippen molar-refractivity contribution in [2.24, 2.45) is 5.92 Å².